The average molecular weight is 298 g/mol. The zero-order valence-electron chi connectivity index (χ0n) is 11.3. The number of fused-ring (bicyclic) bond motifs is 1. The number of nitrogens with zero attached hydrogens (tertiary/aromatic N) is 1. The fourth-order valence-electron chi connectivity index (χ4n) is 2.66. The van der Waals surface area contributed by atoms with Gasteiger partial charge in [0.25, 0.3) is 0 Å². The van der Waals surface area contributed by atoms with Gasteiger partial charge in [0.15, 0.2) is 0 Å². The van der Waals surface area contributed by atoms with Crippen molar-refractivity contribution in [2.24, 2.45) is 0 Å². The zero-order valence-corrected chi connectivity index (χ0v) is 12.1. The lowest BCUT2D eigenvalue weighted by atomic mass is 10.1. The monoisotopic (exact) mass is 298 g/mol. The van der Waals surface area contributed by atoms with Crippen LogP contribution in [0.25, 0.3) is 0 Å². The van der Waals surface area contributed by atoms with Gasteiger partial charge in [-0.25, -0.2) is 13.1 Å². The van der Waals surface area contributed by atoms with Gasteiger partial charge in [0.05, 0.1) is 16.5 Å². The highest BCUT2D eigenvalue weighted by Crippen LogP contribution is 2.23. The number of hydrogen-bond donors (Lipinski definition) is 1. The number of rotatable bonds is 3. The molecule has 0 heterocycles. The molecule has 0 bridgehead atoms. The van der Waals surface area contributed by atoms with E-state index in [2.05, 4.69) is 4.72 Å². The van der Waals surface area contributed by atoms with E-state index in [1.807, 2.05) is 30.3 Å². The molecule has 4 nitrogen and oxygen atoms in total. The summed E-state index contributed by atoms with van der Waals surface area (Å²) < 4.78 is 27.5. The fraction of sp³-hybridized carbons (Fsp3) is 0.188. The van der Waals surface area contributed by atoms with Gasteiger partial charge in [0.2, 0.25) is 10.0 Å². The number of hydrogen-bond acceptors (Lipinski definition) is 3. The summed E-state index contributed by atoms with van der Waals surface area (Å²) in [6, 6.07) is 15.9. The molecule has 0 aromatic heterocycles. The smallest absolute Gasteiger partial charge is 0.207 e. The van der Waals surface area contributed by atoms with Crippen LogP contribution in [0.5, 0.6) is 0 Å². The minimum Gasteiger partial charge on any atom is -0.207 e. The van der Waals surface area contributed by atoms with Crippen molar-refractivity contribution >= 4 is 10.0 Å². The van der Waals surface area contributed by atoms with E-state index in [0.29, 0.717) is 18.4 Å². The summed E-state index contributed by atoms with van der Waals surface area (Å²) in [5, 5.41) is 8.87. The summed E-state index contributed by atoms with van der Waals surface area (Å²) in [6.45, 7) is 0. The Kier molecular flexibility index (Phi) is 3.50. The Morgan fingerprint density at radius 2 is 1.71 bits per heavy atom. The number of benzene rings is 2. The molecule has 2 aromatic carbocycles. The van der Waals surface area contributed by atoms with Crippen LogP contribution >= 0.6 is 0 Å². The fourth-order valence-corrected chi connectivity index (χ4v) is 3.94. The number of nitriles is 1. The molecule has 3 rings (SSSR count). The molecule has 0 unspecified atom stereocenters. The van der Waals surface area contributed by atoms with Gasteiger partial charge in [0.1, 0.15) is 0 Å². The van der Waals surface area contributed by atoms with E-state index >= 15 is 0 Å². The Hall–Kier alpha value is -2.16. The lowest BCUT2D eigenvalue weighted by Gasteiger charge is -2.12. The van der Waals surface area contributed by atoms with Crippen LogP contribution in [-0.4, -0.2) is 14.5 Å². The van der Waals surface area contributed by atoms with Crippen molar-refractivity contribution in [1.29, 1.82) is 5.26 Å². The maximum Gasteiger partial charge on any atom is 0.240 e. The predicted octanol–water partition coefficient (Wildman–Crippen LogP) is 2.00. The molecule has 0 saturated carbocycles. The molecule has 0 spiro atoms. The second-order valence-electron chi connectivity index (χ2n) is 5.13. The third kappa shape index (κ3) is 2.82. The topological polar surface area (TPSA) is 70.0 Å². The van der Waals surface area contributed by atoms with Crippen LogP contribution in [0.15, 0.2) is 53.4 Å². The van der Waals surface area contributed by atoms with E-state index in [0.717, 1.165) is 0 Å². The summed E-state index contributed by atoms with van der Waals surface area (Å²) in [5.74, 6) is 0. The van der Waals surface area contributed by atoms with Crippen LogP contribution < -0.4 is 4.72 Å². The molecule has 1 aliphatic rings. The maximum absolute atomic E-state index is 12.4. The Labute approximate surface area is 124 Å². The highest BCUT2D eigenvalue weighted by atomic mass is 32.2. The molecule has 0 radical (unpaired) electrons. The van der Waals surface area contributed by atoms with Gasteiger partial charge in [0, 0.05) is 6.04 Å². The molecule has 0 atom stereocenters. The summed E-state index contributed by atoms with van der Waals surface area (Å²) in [4.78, 5) is 0.137. The molecular weight excluding hydrogens is 284 g/mol. The molecule has 5 heteroatoms. The SMILES string of the molecule is N#Cc1cccc(S(=O)(=O)NC2Cc3ccccc3C2)c1. The van der Waals surface area contributed by atoms with Gasteiger partial charge < -0.3 is 0 Å². The molecule has 0 aliphatic heterocycles. The molecule has 1 N–H and O–H groups in total. The van der Waals surface area contributed by atoms with Crippen molar-refractivity contribution < 1.29 is 8.42 Å². The Morgan fingerprint density at radius 1 is 1.05 bits per heavy atom. The molecule has 21 heavy (non-hydrogen) atoms. The average Bonchev–Trinajstić information content (AvgIpc) is 2.88. The van der Waals surface area contributed by atoms with Gasteiger partial charge in [-0.2, -0.15) is 5.26 Å². The van der Waals surface area contributed by atoms with Crippen LogP contribution in [-0.2, 0) is 22.9 Å². The first-order valence-electron chi connectivity index (χ1n) is 6.68. The highest BCUT2D eigenvalue weighted by Gasteiger charge is 2.26. The Bertz CT molecular complexity index is 797. The van der Waals surface area contributed by atoms with Crippen molar-refractivity contribution in [2.45, 2.75) is 23.8 Å². The third-order valence-corrected chi connectivity index (χ3v) is 5.16. The van der Waals surface area contributed by atoms with Gasteiger partial charge in [-0.05, 0) is 42.2 Å². The number of nitrogens with one attached hydrogen (secondary N) is 1. The van der Waals surface area contributed by atoms with E-state index in [9.17, 15) is 8.42 Å². The van der Waals surface area contributed by atoms with E-state index in [1.165, 1.54) is 23.3 Å². The third-order valence-electron chi connectivity index (χ3n) is 3.65. The molecule has 2 aromatic rings. The second kappa shape index (κ2) is 5.32. The second-order valence-corrected chi connectivity index (χ2v) is 6.85. The predicted molar refractivity (Wildman–Crippen MR) is 79.1 cm³/mol. The van der Waals surface area contributed by atoms with Crippen molar-refractivity contribution in [3.8, 4) is 6.07 Å². The van der Waals surface area contributed by atoms with E-state index in [4.69, 9.17) is 5.26 Å². The maximum atomic E-state index is 12.4. The minimum atomic E-state index is -3.60. The van der Waals surface area contributed by atoms with Crippen LogP contribution in [0, 0.1) is 11.3 Å². The minimum absolute atomic E-state index is 0.127. The molecule has 1 aliphatic carbocycles. The molecule has 0 amide bonds. The molecule has 0 saturated heterocycles. The van der Waals surface area contributed by atoms with E-state index in [1.54, 1.807) is 12.1 Å². The first-order valence-corrected chi connectivity index (χ1v) is 8.16. The zero-order chi connectivity index (χ0) is 14.9. The highest BCUT2D eigenvalue weighted by molar-refractivity contribution is 7.89. The molecular formula is C16H14N2O2S. The van der Waals surface area contributed by atoms with E-state index < -0.39 is 10.0 Å². The number of sulfonamides is 1. The molecule has 106 valence electrons. The first-order chi connectivity index (χ1) is 10.1. The largest absolute Gasteiger partial charge is 0.240 e. The molecule has 0 fully saturated rings. The summed E-state index contributed by atoms with van der Waals surface area (Å²) in [6.07, 6.45) is 1.40. The Morgan fingerprint density at radius 3 is 2.33 bits per heavy atom. The summed E-state index contributed by atoms with van der Waals surface area (Å²) in [5.41, 5.74) is 2.72. The quantitative estimate of drug-likeness (QED) is 0.942. The van der Waals surface area contributed by atoms with Crippen molar-refractivity contribution in [3.05, 3.63) is 65.2 Å². The van der Waals surface area contributed by atoms with Gasteiger partial charge in [-0.3, -0.25) is 0 Å². The van der Waals surface area contributed by atoms with Crippen LogP contribution in [0.4, 0.5) is 0 Å². The van der Waals surface area contributed by atoms with Crippen molar-refractivity contribution in [1.82, 2.24) is 4.72 Å². The van der Waals surface area contributed by atoms with Crippen molar-refractivity contribution in [3.63, 3.8) is 0 Å². The summed E-state index contributed by atoms with van der Waals surface area (Å²) in [7, 11) is -3.60. The van der Waals surface area contributed by atoms with Crippen molar-refractivity contribution in [2.75, 3.05) is 0 Å². The van der Waals surface area contributed by atoms with Gasteiger partial charge in [-0.15, -0.1) is 0 Å². The standard InChI is InChI=1S/C16H14N2O2S/c17-11-12-4-3-7-16(8-12)21(19,20)18-15-9-13-5-1-2-6-14(13)10-15/h1-8,15,18H,9-10H2. The first kappa shape index (κ1) is 13.8. The lowest BCUT2D eigenvalue weighted by Crippen LogP contribution is -2.35. The van der Waals surface area contributed by atoms with Gasteiger partial charge in [-0.1, -0.05) is 30.3 Å². The van der Waals surface area contributed by atoms with Crippen LogP contribution in [0.3, 0.4) is 0 Å². The van der Waals surface area contributed by atoms with Crippen LogP contribution in [0.1, 0.15) is 16.7 Å². The lowest BCUT2D eigenvalue weighted by molar-refractivity contribution is 0.555. The summed E-state index contributed by atoms with van der Waals surface area (Å²) >= 11 is 0. The Balaban J connectivity index is 1.80. The van der Waals surface area contributed by atoms with Crippen LogP contribution in [0.2, 0.25) is 0 Å². The van der Waals surface area contributed by atoms with Gasteiger partial charge >= 0.3 is 0 Å². The van der Waals surface area contributed by atoms with E-state index in [-0.39, 0.29) is 10.9 Å². The normalized spacial score (nSPS) is 14.6.